The summed E-state index contributed by atoms with van der Waals surface area (Å²) in [7, 11) is 6.62. The number of aromatic nitrogens is 1. The Kier molecular flexibility index (Phi) is 8.00. The Hall–Kier alpha value is -4.48. The summed E-state index contributed by atoms with van der Waals surface area (Å²) in [6.45, 7) is 3.67. The van der Waals surface area contributed by atoms with E-state index >= 15 is 0 Å². The zero-order valence-corrected chi connectivity index (χ0v) is 26.8. The summed E-state index contributed by atoms with van der Waals surface area (Å²) in [5.74, 6) is 0.667. The van der Waals surface area contributed by atoms with E-state index < -0.39 is 12.0 Å². The largest absolute Gasteiger partial charge is 0.493 e. The summed E-state index contributed by atoms with van der Waals surface area (Å²) in [6, 6.07) is 17.1. The molecule has 3 aromatic carbocycles. The maximum Gasteiger partial charge on any atom is 0.338 e. The number of para-hydroxylation sites is 1. The predicted molar refractivity (Wildman–Crippen MR) is 172 cm³/mol. The highest BCUT2D eigenvalue weighted by Crippen LogP contribution is 2.47. The Morgan fingerprint density at radius 3 is 2.36 bits per heavy atom. The molecule has 0 unspecified atom stereocenters. The summed E-state index contributed by atoms with van der Waals surface area (Å²) in [6.07, 6.45) is 1.88. The van der Waals surface area contributed by atoms with Crippen LogP contribution in [0.25, 0.3) is 6.08 Å². The van der Waals surface area contributed by atoms with E-state index in [1.807, 2.05) is 24.3 Å². The van der Waals surface area contributed by atoms with E-state index in [-0.39, 0.29) is 17.7 Å². The van der Waals surface area contributed by atoms with Gasteiger partial charge in [-0.2, -0.15) is 0 Å². The summed E-state index contributed by atoms with van der Waals surface area (Å²) in [5, 5.41) is 0. The number of carbonyl (C=O) groups excluding carboxylic acids is 1. The molecule has 1 atom stereocenters. The number of fused-ring (bicyclic) bond motifs is 3. The monoisotopic (exact) mass is 629 g/mol. The second-order valence-electron chi connectivity index (χ2n) is 10.1. The number of benzene rings is 3. The molecule has 2 aliphatic rings. The van der Waals surface area contributed by atoms with E-state index in [4.69, 9.17) is 23.9 Å². The number of nitrogens with zero attached hydrogens (tertiary/aromatic N) is 3. The SMILES string of the molecule is CCOC(=O)C1=C(C)N=c2s/c(=C/c3ccc4c(c3)Sc3ccccc3N4C)c(=O)n2[C@H]1c1cc(OC)c(OC)c(OC)c1. The van der Waals surface area contributed by atoms with Crippen LogP contribution in [0.4, 0.5) is 11.4 Å². The van der Waals surface area contributed by atoms with Gasteiger partial charge in [0, 0.05) is 16.8 Å². The highest BCUT2D eigenvalue weighted by Gasteiger charge is 2.35. The molecule has 0 fully saturated rings. The maximum atomic E-state index is 14.2. The second-order valence-corrected chi connectivity index (χ2v) is 12.2. The van der Waals surface area contributed by atoms with E-state index in [1.165, 1.54) is 37.6 Å². The molecular formula is C33H31N3O6S2. The first-order valence-electron chi connectivity index (χ1n) is 13.9. The van der Waals surface area contributed by atoms with E-state index in [0.29, 0.717) is 37.8 Å². The molecule has 226 valence electrons. The number of esters is 1. The number of methoxy groups -OCH3 is 3. The van der Waals surface area contributed by atoms with Gasteiger partial charge in [-0.15, -0.1) is 0 Å². The van der Waals surface area contributed by atoms with Gasteiger partial charge in [0.15, 0.2) is 16.3 Å². The topological polar surface area (TPSA) is 91.6 Å². The first kappa shape index (κ1) is 29.6. The Morgan fingerprint density at radius 1 is 0.977 bits per heavy atom. The van der Waals surface area contributed by atoms with Gasteiger partial charge in [0.2, 0.25) is 5.75 Å². The van der Waals surface area contributed by atoms with Crippen molar-refractivity contribution < 1.29 is 23.7 Å². The average Bonchev–Trinajstić information content (AvgIpc) is 3.33. The van der Waals surface area contributed by atoms with Gasteiger partial charge in [-0.05, 0) is 67.4 Å². The summed E-state index contributed by atoms with van der Waals surface area (Å²) >= 11 is 2.98. The molecule has 0 aliphatic carbocycles. The molecule has 3 heterocycles. The van der Waals surface area contributed by atoms with E-state index in [1.54, 1.807) is 42.3 Å². The van der Waals surface area contributed by atoms with Crippen molar-refractivity contribution in [2.24, 2.45) is 4.99 Å². The van der Waals surface area contributed by atoms with E-state index in [2.05, 4.69) is 36.2 Å². The molecule has 6 rings (SSSR count). The van der Waals surface area contributed by atoms with Crippen molar-refractivity contribution in [1.29, 1.82) is 0 Å². The van der Waals surface area contributed by atoms with Crippen molar-refractivity contribution >= 4 is 46.5 Å². The van der Waals surface area contributed by atoms with Gasteiger partial charge in [0.05, 0.1) is 61.2 Å². The number of thiazole rings is 1. The van der Waals surface area contributed by atoms with Crippen LogP contribution >= 0.6 is 23.1 Å². The molecule has 4 aromatic rings. The molecule has 0 spiro atoms. The van der Waals surface area contributed by atoms with Gasteiger partial charge in [0.25, 0.3) is 5.56 Å². The molecule has 0 N–H and O–H groups in total. The smallest absolute Gasteiger partial charge is 0.338 e. The molecule has 1 aromatic heterocycles. The molecule has 2 aliphatic heterocycles. The lowest BCUT2D eigenvalue weighted by molar-refractivity contribution is -0.139. The third-order valence-corrected chi connectivity index (χ3v) is 9.70. The fourth-order valence-electron chi connectivity index (χ4n) is 5.57. The zero-order chi connectivity index (χ0) is 31.1. The fourth-order valence-corrected chi connectivity index (χ4v) is 7.81. The van der Waals surface area contributed by atoms with Crippen LogP contribution < -0.4 is 34.0 Å². The molecule has 0 saturated heterocycles. The van der Waals surface area contributed by atoms with Crippen molar-refractivity contribution in [2.75, 3.05) is 39.9 Å². The molecule has 44 heavy (non-hydrogen) atoms. The quantitative estimate of drug-likeness (QED) is 0.262. The van der Waals surface area contributed by atoms with Crippen molar-refractivity contribution in [1.82, 2.24) is 4.57 Å². The van der Waals surface area contributed by atoms with Crippen LogP contribution in [0, 0.1) is 0 Å². The van der Waals surface area contributed by atoms with Gasteiger partial charge < -0.3 is 23.8 Å². The molecule has 0 amide bonds. The first-order chi connectivity index (χ1) is 21.3. The summed E-state index contributed by atoms with van der Waals surface area (Å²) in [5.41, 5.74) is 4.22. The standard InChI is InChI=1S/C33H31N3O6S2/c1-7-42-32(38)28-18(2)34-33-36(29(28)20-16-23(39-4)30(41-6)24(17-20)40-5)31(37)27(44-33)15-19-12-13-22-26(14-19)43-25-11-9-8-10-21(25)35(22)3/h8-17,29H,7H2,1-6H3/b27-15+/t29-/m0/s1. The first-order valence-corrected chi connectivity index (χ1v) is 15.6. The van der Waals surface area contributed by atoms with Gasteiger partial charge in [-0.3, -0.25) is 9.36 Å². The molecule has 0 saturated carbocycles. The van der Waals surface area contributed by atoms with Crippen LogP contribution in [0.3, 0.4) is 0 Å². The van der Waals surface area contributed by atoms with Crippen molar-refractivity contribution in [3.8, 4) is 17.2 Å². The Balaban J connectivity index is 1.51. The second kappa shape index (κ2) is 11.9. The molecule has 11 heteroatoms. The summed E-state index contributed by atoms with van der Waals surface area (Å²) < 4.78 is 24.2. The minimum Gasteiger partial charge on any atom is -0.493 e. The molecular weight excluding hydrogens is 599 g/mol. The van der Waals surface area contributed by atoms with Gasteiger partial charge >= 0.3 is 5.97 Å². The number of anilines is 2. The van der Waals surface area contributed by atoms with Crippen LogP contribution in [-0.4, -0.2) is 45.5 Å². The third kappa shape index (κ3) is 4.95. The van der Waals surface area contributed by atoms with Crippen LogP contribution in [0.15, 0.2) is 85.4 Å². The Labute approximate surface area is 262 Å². The number of rotatable bonds is 7. The lowest BCUT2D eigenvalue weighted by Gasteiger charge is -2.29. The lowest BCUT2D eigenvalue weighted by Crippen LogP contribution is -2.40. The van der Waals surface area contributed by atoms with Crippen molar-refractivity contribution in [2.45, 2.75) is 29.7 Å². The zero-order valence-electron chi connectivity index (χ0n) is 25.2. The number of hydrogen-bond acceptors (Lipinski definition) is 10. The normalized spacial score (nSPS) is 15.6. The number of allylic oxidation sites excluding steroid dienone is 1. The van der Waals surface area contributed by atoms with Crippen molar-refractivity contribution in [3.63, 3.8) is 0 Å². The molecule has 0 radical (unpaired) electrons. The Bertz CT molecular complexity index is 1990. The van der Waals surface area contributed by atoms with Crippen LogP contribution in [0.2, 0.25) is 0 Å². The highest BCUT2D eigenvalue weighted by molar-refractivity contribution is 7.99. The van der Waals surface area contributed by atoms with Gasteiger partial charge in [-0.25, -0.2) is 9.79 Å². The fraction of sp³-hybridized carbons (Fsp3) is 0.242. The van der Waals surface area contributed by atoms with Gasteiger partial charge in [0.1, 0.15) is 0 Å². The predicted octanol–water partition coefficient (Wildman–Crippen LogP) is 5.06. The third-order valence-electron chi connectivity index (χ3n) is 7.61. The van der Waals surface area contributed by atoms with Gasteiger partial charge in [-0.1, -0.05) is 41.3 Å². The highest BCUT2D eigenvalue weighted by atomic mass is 32.2. The van der Waals surface area contributed by atoms with Crippen LogP contribution in [0.1, 0.15) is 31.0 Å². The minimum absolute atomic E-state index is 0.179. The van der Waals surface area contributed by atoms with E-state index in [9.17, 15) is 9.59 Å². The molecule has 9 nitrogen and oxygen atoms in total. The number of carbonyl (C=O) groups is 1. The lowest BCUT2D eigenvalue weighted by atomic mass is 9.95. The Morgan fingerprint density at radius 2 is 1.68 bits per heavy atom. The summed E-state index contributed by atoms with van der Waals surface area (Å²) in [4.78, 5) is 37.1. The van der Waals surface area contributed by atoms with Crippen molar-refractivity contribution in [3.05, 3.63) is 96.7 Å². The number of ether oxygens (including phenoxy) is 4. The minimum atomic E-state index is -0.828. The van der Waals surface area contributed by atoms with Crippen LogP contribution in [0.5, 0.6) is 17.2 Å². The van der Waals surface area contributed by atoms with Crippen LogP contribution in [-0.2, 0) is 9.53 Å². The average molecular weight is 630 g/mol. The van der Waals surface area contributed by atoms with E-state index in [0.717, 1.165) is 21.8 Å². The maximum absolute atomic E-state index is 14.2. The molecule has 0 bridgehead atoms. The number of hydrogen-bond donors (Lipinski definition) is 0.